The molecule has 1 aromatic carbocycles. The second-order valence-electron chi connectivity index (χ2n) is 5.01. The maximum Gasteiger partial charge on any atom is 0.422 e. The Bertz CT molecular complexity index is 773. The number of carbonyl (C=O) groups excluding carboxylic acids is 1. The summed E-state index contributed by atoms with van der Waals surface area (Å²) in [6, 6.07) is 7.57. The molecule has 0 aliphatic carbocycles. The van der Waals surface area contributed by atoms with E-state index in [1.165, 1.54) is 30.5 Å². The first-order chi connectivity index (χ1) is 12.2. The molecule has 26 heavy (non-hydrogen) atoms. The number of amides is 1. The molecule has 5 nitrogen and oxygen atoms in total. The lowest BCUT2D eigenvalue weighted by Crippen LogP contribution is -2.29. The third kappa shape index (κ3) is 6.61. The molecule has 1 N–H and O–H groups in total. The standard InChI is InChI=1S/C16H13Cl2F3N2O3/c17-11-3-4-12(18)13(6-11)25-8-14(24)23-7-10-2-1-5-22-15(10)26-9-16(19,20)21/h1-6H,7-9H2,(H,23,24). The number of nitrogens with zero attached hydrogens (tertiary/aromatic N) is 1. The zero-order chi connectivity index (χ0) is 19.2. The quantitative estimate of drug-likeness (QED) is 0.751. The van der Waals surface area contributed by atoms with E-state index in [1.54, 1.807) is 6.07 Å². The number of hydrogen-bond donors (Lipinski definition) is 1. The average Bonchev–Trinajstić information content (AvgIpc) is 2.59. The van der Waals surface area contributed by atoms with Gasteiger partial charge in [-0.25, -0.2) is 4.98 Å². The van der Waals surface area contributed by atoms with E-state index < -0.39 is 18.7 Å². The fourth-order valence-corrected chi connectivity index (χ4v) is 2.15. The number of alkyl halides is 3. The molecule has 0 aliphatic rings. The number of pyridine rings is 1. The molecule has 0 aliphatic heterocycles. The van der Waals surface area contributed by atoms with Gasteiger partial charge in [-0.1, -0.05) is 29.3 Å². The van der Waals surface area contributed by atoms with Gasteiger partial charge >= 0.3 is 6.18 Å². The van der Waals surface area contributed by atoms with Crippen LogP contribution in [0.3, 0.4) is 0 Å². The average molecular weight is 409 g/mol. The van der Waals surface area contributed by atoms with Crippen LogP contribution in [0.1, 0.15) is 5.56 Å². The van der Waals surface area contributed by atoms with E-state index in [0.29, 0.717) is 10.6 Å². The van der Waals surface area contributed by atoms with Crippen LogP contribution in [-0.2, 0) is 11.3 Å². The van der Waals surface area contributed by atoms with Gasteiger partial charge in [0.25, 0.3) is 5.91 Å². The van der Waals surface area contributed by atoms with Crippen molar-refractivity contribution in [1.29, 1.82) is 0 Å². The van der Waals surface area contributed by atoms with Crippen molar-refractivity contribution in [3.05, 3.63) is 52.1 Å². The number of carbonyl (C=O) groups is 1. The van der Waals surface area contributed by atoms with Gasteiger partial charge in [0.1, 0.15) is 5.75 Å². The second-order valence-corrected chi connectivity index (χ2v) is 5.86. The van der Waals surface area contributed by atoms with Crippen molar-refractivity contribution in [1.82, 2.24) is 10.3 Å². The topological polar surface area (TPSA) is 60.5 Å². The Morgan fingerprint density at radius 2 is 1.96 bits per heavy atom. The second kappa shape index (κ2) is 8.95. The fourth-order valence-electron chi connectivity index (χ4n) is 1.81. The van der Waals surface area contributed by atoms with Gasteiger partial charge in [0.2, 0.25) is 5.88 Å². The number of aromatic nitrogens is 1. The number of hydrogen-bond acceptors (Lipinski definition) is 4. The summed E-state index contributed by atoms with van der Waals surface area (Å²) in [6.07, 6.45) is -3.19. The molecule has 0 bridgehead atoms. The van der Waals surface area contributed by atoms with Crippen LogP contribution in [-0.4, -0.2) is 30.3 Å². The van der Waals surface area contributed by atoms with Crippen LogP contribution in [0.2, 0.25) is 10.0 Å². The lowest BCUT2D eigenvalue weighted by atomic mass is 10.2. The minimum Gasteiger partial charge on any atom is -0.482 e. The first-order valence-electron chi connectivity index (χ1n) is 7.22. The molecule has 0 radical (unpaired) electrons. The fraction of sp³-hybridized carbons (Fsp3) is 0.250. The van der Waals surface area contributed by atoms with Gasteiger partial charge < -0.3 is 14.8 Å². The van der Waals surface area contributed by atoms with Gasteiger partial charge in [0.15, 0.2) is 13.2 Å². The van der Waals surface area contributed by atoms with E-state index >= 15 is 0 Å². The van der Waals surface area contributed by atoms with Crippen LogP contribution in [0, 0.1) is 0 Å². The zero-order valence-electron chi connectivity index (χ0n) is 13.1. The summed E-state index contributed by atoms with van der Waals surface area (Å²) in [4.78, 5) is 15.6. The third-order valence-corrected chi connectivity index (χ3v) is 3.50. The Balaban J connectivity index is 1.88. The Hall–Kier alpha value is -2.19. The molecule has 0 spiro atoms. The predicted octanol–water partition coefficient (Wildman–Crippen LogP) is 4.02. The lowest BCUT2D eigenvalue weighted by molar-refractivity contribution is -0.154. The Kier molecular flexibility index (Phi) is 6.93. The minimum atomic E-state index is -4.48. The monoisotopic (exact) mass is 408 g/mol. The van der Waals surface area contributed by atoms with E-state index in [0.717, 1.165) is 0 Å². The summed E-state index contributed by atoms with van der Waals surface area (Å²) in [7, 11) is 0. The molecule has 2 rings (SSSR count). The molecule has 0 fully saturated rings. The highest BCUT2D eigenvalue weighted by Crippen LogP contribution is 2.27. The summed E-state index contributed by atoms with van der Waals surface area (Å²) in [5.74, 6) is -0.472. The highest BCUT2D eigenvalue weighted by molar-refractivity contribution is 6.34. The molecular weight excluding hydrogens is 396 g/mol. The SMILES string of the molecule is O=C(COc1cc(Cl)ccc1Cl)NCc1cccnc1OCC(F)(F)F. The Morgan fingerprint density at radius 3 is 2.69 bits per heavy atom. The molecule has 140 valence electrons. The van der Waals surface area contributed by atoms with Crippen LogP contribution in [0.25, 0.3) is 0 Å². The van der Waals surface area contributed by atoms with Gasteiger partial charge in [-0.3, -0.25) is 4.79 Å². The van der Waals surface area contributed by atoms with Crippen molar-refractivity contribution in [2.24, 2.45) is 0 Å². The third-order valence-electron chi connectivity index (χ3n) is 2.95. The highest BCUT2D eigenvalue weighted by atomic mass is 35.5. The summed E-state index contributed by atoms with van der Waals surface area (Å²) >= 11 is 11.7. The molecule has 10 heteroatoms. The number of halogens is 5. The van der Waals surface area contributed by atoms with Gasteiger partial charge in [-0.15, -0.1) is 0 Å². The number of nitrogens with one attached hydrogen (secondary N) is 1. The maximum atomic E-state index is 12.3. The number of ether oxygens (including phenoxy) is 2. The van der Waals surface area contributed by atoms with Crippen LogP contribution in [0.5, 0.6) is 11.6 Å². The number of benzene rings is 1. The molecule has 0 saturated carbocycles. The molecule has 2 aromatic rings. The lowest BCUT2D eigenvalue weighted by Gasteiger charge is -2.13. The first kappa shape index (κ1) is 20.1. The van der Waals surface area contributed by atoms with Crippen molar-refractivity contribution in [3.63, 3.8) is 0 Å². The summed E-state index contributed by atoms with van der Waals surface area (Å²) in [5, 5.41) is 3.18. The van der Waals surface area contributed by atoms with Crippen molar-refractivity contribution in [3.8, 4) is 11.6 Å². The predicted molar refractivity (Wildman–Crippen MR) is 89.6 cm³/mol. The molecule has 0 atom stereocenters. The number of rotatable bonds is 7. The largest absolute Gasteiger partial charge is 0.482 e. The Morgan fingerprint density at radius 1 is 1.19 bits per heavy atom. The molecular formula is C16H13Cl2F3N2O3. The molecule has 1 aromatic heterocycles. The van der Waals surface area contributed by atoms with Crippen LogP contribution >= 0.6 is 23.2 Å². The normalized spacial score (nSPS) is 11.1. The van der Waals surface area contributed by atoms with E-state index in [9.17, 15) is 18.0 Å². The molecule has 1 heterocycles. The van der Waals surface area contributed by atoms with Crippen LogP contribution in [0.15, 0.2) is 36.5 Å². The molecule has 1 amide bonds. The Labute approximate surface area is 157 Å². The highest BCUT2D eigenvalue weighted by Gasteiger charge is 2.29. The van der Waals surface area contributed by atoms with Crippen molar-refractivity contribution in [2.45, 2.75) is 12.7 Å². The van der Waals surface area contributed by atoms with Crippen molar-refractivity contribution >= 4 is 29.1 Å². The summed E-state index contributed by atoms with van der Waals surface area (Å²) < 4.78 is 46.7. The maximum absolute atomic E-state index is 12.3. The van der Waals surface area contributed by atoms with Gasteiger partial charge in [-0.2, -0.15) is 13.2 Å². The van der Waals surface area contributed by atoms with Crippen molar-refractivity contribution in [2.75, 3.05) is 13.2 Å². The summed E-state index contributed by atoms with van der Waals surface area (Å²) in [5.41, 5.74) is 0.297. The first-order valence-corrected chi connectivity index (χ1v) is 7.98. The van der Waals surface area contributed by atoms with Crippen molar-refractivity contribution < 1.29 is 27.4 Å². The van der Waals surface area contributed by atoms with Gasteiger partial charge in [0, 0.05) is 29.4 Å². The zero-order valence-corrected chi connectivity index (χ0v) is 14.7. The minimum absolute atomic E-state index is 0.0769. The molecule has 0 saturated heterocycles. The van der Waals surface area contributed by atoms with E-state index in [1.807, 2.05) is 0 Å². The van der Waals surface area contributed by atoms with E-state index in [4.69, 9.17) is 27.9 Å². The van der Waals surface area contributed by atoms with Crippen LogP contribution < -0.4 is 14.8 Å². The van der Waals surface area contributed by atoms with Crippen LogP contribution in [0.4, 0.5) is 13.2 Å². The molecule has 0 unspecified atom stereocenters. The van der Waals surface area contributed by atoms with E-state index in [2.05, 4.69) is 15.0 Å². The van der Waals surface area contributed by atoms with E-state index in [-0.39, 0.29) is 29.8 Å². The smallest absolute Gasteiger partial charge is 0.422 e. The van der Waals surface area contributed by atoms with Gasteiger partial charge in [0.05, 0.1) is 5.02 Å². The van der Waals surface area contributed by atoms with Gasteiger partial charge in [-0.05, 0) is 18.2 Å². The summed E-state index contributed by atoms with van der Waals surface area (Å²) in [6.45, 7) is -1.90.